The second kappa shape index (κ2) is 7.13. The molecular formula is C15H15N3OS3. The van der Waals surface area contributed by atoms with Gasteiger partial charge in [-0.15, -0.1) is 34.0 Å². The molecule has 0 fully saturated rings. The number of hydrogen-bond donors (Lipinski definition) is 1. The molecular weight excluding hydrogens is 334 g/mol. The second-order valence-corrected chi connectivity index (χ2v) is 7.62. The zero-order valence-electron chi connectivity index (χ0n) is 12.0. The molecule has 22 heavy (non-hydrogen) atoms. The van der Waals surface area contributed by atoms with Gasteiger partial charge in [0.15, 0.2) is 0 Å². The lowest BCUT2D eigenvalue weighted by molar-refractivity contribution is -0.120. The summed E-state index contributed by atoms with van der Waals surface area (Å²) in [5.41, 5.74) is 1.87. The first-order valence-corrected chi connectivity index (χ1v) is 9.50. The zero-order chi connectivity index (χ0) is 15.4. The van der Waals surface area contributed by atoms with E-state index in [9.17, 15) is 4.79 Å². The van der Waals surface area contributed by atoms with Crippen molar-refractivity contribution in [2.75, 3.05) is 6.54 Å². The fourth-order valence-corrected chi connectivity index (χ4v) is 4.26. The Bertz CT molecular complexity index is 746. The topological polar surface area (TPSA) is 54.9 Å². The standard InChI is InChI=1S/C15H15N3OS3/c1-10-17-11(8-21-10)4-5-16-14(19)7-12-9-22-15(18-12)13-3-2-6-20-13/h2-3,6,8-9H,4-5,7H2,1H3,(H,16,19). The third-order valence-corrected chi connectivity index (χ3v) is 5.75. The van der Waals surface area contributed by atoms with Crippen LogP contribution in [0.5, 0.6) is 0 Å². The summed E-state index contributed by atoms with van der Waals surface area (Å²) in [4.78, 5) is 22.0. The molecule has 0 spiro atoms. The molecule has 0 aliphatic carbocycles. The molecule has 1 N–H and O–H groups in total. The largest absolute Gasteiger partial charge is 0.355 e. The number of nitrogens with zero attached hydrogens (tertiary/aromatic N) is 2. The first-order chi connectivity index (χ1) is 10.7. The van der Waals surface area contributed by atoms with Crippen molar-refractivity contribution in [2.45, 2.75) is 19.8 Å². The Morgan fingerprint density at radius 2 is 2.05 bits per heavy atom. The van der Waals surface area contributed by atoms with Crippen molar-refractivity contribution in [3.63, 3.8) is 0 Å². The van der Waals surface area contributed by atoms with Crippen LogP contribution in [-0.4, -0.2) is 22.4 Å². The molecule has 0 bridgehead atoms. The summed E-state index contributed by atoms with van der Waals surface area (Å²) in [6.45, 7) is 2.60. The van der Waals surface area contributed by atoms with Crippen molar-refractivity contribution >= 4 is 39.9 Å². The Labute approximate surface area is 140 Å². The Hall–Kier alpha value is -1.57. The number of thiophene rings is 1. The van der Waals surface area contributed by atoms with Gasteiger partial charge in [-0.25, -0.2) is 9.97 Å². The van der Waals surface area contributed by atoms with Gasteiger partial charge in [0.1, 0.15) is 5.01 Å². The lowest BCUT2D eigenvalue weighted by Crippen LogP contribution is -2.27. The number of rotatable bonds is 6. The summed E-state index contributed by atoms with van der Waals surface area (Å²) in [7, 11) is 0. The van der Waals surface area contributed by atoms with Crippen LogP contribution in [0.4, 0.5) is 0 Å². The van der Waals surface area contributed by atoms with E-state index < -0.39 is 0 Å². The van der Waals surface area contributed by atoms with Crippen LogP contribution in [0.25, 0.3) is 9.88 Å². The van der Waals surface area contributed by atoms with Crippen molar-refractivity contribution < 1.29 is 4.79 Å². The second-order valence-electron chi connectivity index (χ2n) is 4.76. The fourth-order valence-electron chi connectivity index (χ4n) is 1.98. The number of aromatic nitrogens is 2. The Kier molecular flexibility index (Phi) is 4.97. The Balaban J connectivity index is 1.47. The summed E-state index contributed by atoms with van der Waals surface area (Å²) >= 11 is 4.88. The molecule has 4 nitrogen and oxygen atoms in total. The van der Waals surface area contributed by atoms with Gasteiger partial charge in [0, 0.05) is 23.7 Å². The molecule has 7 heteroatoms. The zero-order valence-corrected chi connectivity index (χ0v) is 14.5. The highest BCUT2D eigenvalue weighted by Crippen LogP contribution is 2.27. The van der Waals surface area contributed by atoms with Crippen LogP contribution in [-0.2, 0) is 17.6 Å². The predicted octanol–water partition coefficient (Wildman–Crippen LogP) is 3.54. The van der Waals surface area contributed by atoms with Crippen molar-refractivity contribution in [1.82, 2.24) is 15.3 Å². The third-order valence-electron chi connectivity index (χ3n) is 3.00. The van der Waals surface area contributed by atoms with Crippen LogP contribution in [0.2, 0.25) is 0 Å². The van der Waals surface area contributed by atoms with E-state index in [1.807, 2.05) is 35.2 Å². The number of carbonyl (C=O) groups excluding carboxylic acids is 1. The minimum absolute atomic E-state index is 0.00924. The Morgan fingerprint density at radius 3 is 2.77 bits per heavy atom. The van der Waals surface area contributed by atoms with Crippen molar-refractivity contribution in [3.05, 3.63) is 44.7 Å². The van der Waals surface area contributed by atoms with Crippen LogP contribution >= 0.6 is 34.0 Å². The molecule has 3 aromatic heterocycles. The van der Waals surface area contributed by atoms with Gasteiger partial charge >= 0.3 is 0 Å². The fraction of sp³-hybridized carbons (Fsp3) is 0.267. The number of carbonyl (C=O) groups is 1. The maximum absolute atomic E-state index is 11.9. The van der Waals surface area contributed by atoms with Gasteiger partial charge in [0.25, 0.3) is 0 Å². The van der Waals surface area contributed by atoms with E-state index >= 15 is 0 Å². The summed E-state index contributed by atoms with van der Waals surface area (Å²) in [5.74, 6) is 0.00924. The predicted molar refractivity (Wildman–Crippen MR) is 92.7 cm³/mol. The Morgan fingerprint density at radius 1 is 1.18 bits per heavy atom. The van der Waals surface area contributed by atoms with Crippen LogP contribution in [0.15, 0.2) is 28.3 Å². The monoisotopic (exact) mass is 349 g/mol. The van der Waals surface area contributed by atoms with Crippen LogP contribution in [0, 0.1) is 6.92 Å². The molecule has 3 aromatic rings. The minimum Gasteiger partial charge on any atom is -0.355 e. The average Bonchev–Trinajstić information content (AvgIpc) is 3.20. The van der Waals surface area contributed by atoms with Crippen molar-refractivity contribution in [3.8, 4) is 9.88 Å². The highest BCUT2D eigenvalue weighted by atomic mass is 32.1. The molecule has 0 aromatic carbocycles. The molecule has 0 saturated carbocycles. The number of nitrogens with one attached hydrogen (secondary N) is 1. The first-order valence-electron chi connectivity index (χ1n) is 6.86. The number of hydrogen-bond acceptors (Lipinski definition) is 6. The molecule has 0 aliphatic rings. The van der Waals surface area contributed by atoms with E-state index in [-0.39, 0.29) is 5.91 Å². The van der Waals surface area contributed by atoms with E-state index in [1.165, 1.54) is 0 Å². The summed E-state index contributed by atoms with van der Waals surface area (Å²) in [6, 6.07) is 4.05. The molecule has 0 atom stereocenters. The van der Waals surface area contributed by atoms with Gasteiger partial charge in [-0.1, -0.05) is 6.07 Å². The van der Waals surface area contributed by atoms with Gasteiger partial charge in [-0.05, 0) is 18.4 Å². The van der Waals surface area contributed by atoms with E-state index in [1.54, 1.807) is 34.0 Å². The van der Waals surface area contributed by atoms with Crippen LogP contribution < -0.4 is 5.32 Å². The van der Waals surface area contributed by atoms with E-state index in [4.69, 9.17) is 0 Å². The molecule has 0 saturated heterocycles. The van der Waals surface area contributed by atoms with Crippen molar-refractivity contribution in [1.29, 1.82) is 0 Å². The van der Waals surface area contributed by atoms with Crippen LogP contribution in [0.1, 0.15) is 16.4 Å². The van der Waals surface area contributed by atoms with E-state index in [0.29, 0.717) is 13.0 Å². The first kappa shape index (κ1) is 15.3. The minimum atomic E-state index is 0.00924. The molecule has 0 aliphatic heterocycles. The SMILES string of the molecule is Cc1nc(CCNC(=O)Cc2csc(-c3cccs3)n2)cs1. The van der Waals surface area contributed by atoms with Gasteiger partial charge in [-0.2, -0.15) is 0 Å². The molecule has 3 rings (SSSR count). The highest BCUT2D eigenvalue weighted by molar-refractivity contribution is 7.20. The summed E-state index contributed by atoms with van der Waals surface area (Å²) < 4.78 is 0. The lowest BCUT2D eigenvalue weighted by atomic mass is 10.3. The van der Waals surface area contributed by atoms with Gasteiger partial charge in [0.2, 0.25) is 5.91 Å². The van der Waals surface area contributed by atoms with Crippen LogP contribution in [0.3, 0.4) is 0 Å². The van der Waals surface area contributed by atoms with E-state index in [0.717, 1.165) is 32.7 Å². The molecule has 0 unspecified atom stereocenters. The quantitative estimate of drug-likeness (QED) is 0.740. The molecule has 3 heterocycles. The molecule has 114 valence electrons. The highest BCUT2D eigenvalue weighted by Gasteiger charge is 2.09. The number of aryl methyl sites for hydroxylation is 1. The smallest absolute Gasteiger partial charge is 0.226 e. The van der Waals surface area contributed by atoms with E-state index in [2.05, 4.69) is 15.3 Å². The average molecular weight is 350 g/mol. The van der Waals surface area contributed by atoms with Gasteiger partial charge < -0.3 is 5.32 Å². The lowest BCUT2D eigenvalue weighted by Gasteiger charge is -2.02. The summed E-state index contributed by atoms with van der Waals surface area (Å²) in [6.07, 6.45) is 1.10. The molecule has 1 amide bonds. The third kappa shape index (κ3) is 4.00. The number of thiazole rings is 2. The van der Waals surface area contributed by atoms with Crippen molar-refractivity contribution in [2.24, 2.45) is 0 Å². The van der Waals surface area contributed by atoms with Gasteiger partial charge in [-0.3, -0.25) is 4.79 Å². The maximum Gasteiger partial charge on any atom is 0.226 e. The van der Waals surface area contributed by atoms with Gasteiger partial charge in [0.05, 0.1) is 27.7 Å². The maximum atomic E-state index is 11.9. The number of amides is 1. The molecule has 0 radical (unpaired) electrons. The summed E-state index contributed by atoms with van der Waals surface area (Å²) in [5, 5.41) is 11.0. The normalized spacial score (nSPS) is 10.8.